The number of benzene rings is 2. The molecular formula is C27H29ClFN5O2. The minimum absolute atomic E-state index is 0.0191. The molecular weight excluding hydrogens is 481 g/mol. The second-order valence-corrected chi connectivity index (χ2v) is 9.48. The molecule has 1 aliphatic rings. The quantitative estimate of drug-likeness (QED) is 0.488. The number of nitrogens with zero attached hydrogens (tertiary/aromatic N) is 5. The van der Waals surface area contributed by atoms with Crippen LogP contribution in [-0.2, 0) is 4.79 Å². The third-order valence-corrected chi connectivity index (χ3v) is 6.50. The molecule has 1 saturated heterocycles. The van der Waals surface area contributed by atoms with Crippen molar-refractivity contribution >= 4 is 29.2 Å². The van der Waals surface area contributed by atoms with Gasteiger partial charge in [0.15, 0.2) is 5.82 Å². The molecule has 0 N–H and O–H groups in total. The van der Waals surface area contributed by atoms with E-state index in [0.29, 0.717) is 35.9 Å². The number of hydrogen-bond acceptors (Lipinski definition) is 5. The summed E-state index contributed by atoms with van der Waals surface area (Å²) in [5.74, 6) is 0.170. The lowest BCUT2D eigenvalue weighted by Gasteiger charge is -2.29. The second kappa shape index (κ2) is 11.5. The summed E-state index contributed by atoms with van der Waals surface area (Å²) in [4.78, 5) is 31.7. The van der Waals surface area contributed by atoms with Crippen molar-refractivity contribution in [3.05, 3.63) is 77.1 Å². The molecule has 0 saturated carbocycles. The molecule has 7 nitrogen and oxygen atoms in total. The molecule has 188 valence electrons. The molecule has 1 aromatic heterocycles. The Labute approximate surface area is 215 Å². The van der Waals surface area contributed by atoms with Gasteiger partial charge >= 0.3 is 0 Å². The highest BCUT2D eigenvalue weighted by atomic mass is 35.5. The van der Waals surface area contributed by atoms with Crippen LogP contribution in [0.25, 0.3) is 11.3 Å². The van der Waals surface area contributed by atoms with Gasteiger partial charge in [-0.15, -0.1) is 10.2 Å². The first-order chi connectivity index (χ1) is 17.3. The molecule has 0 atom stereocenters. The number of hydrogen-bond donors (Lipinski definition) is 0. The molecule has 2 aromatic carbocycles. The van der Waals surface area contributed by atoms with Gasteiger partial charge in [0.2, 0.25) is 5.91 Å². The lowest BCUT2D eigenvalue weighted by atomic mass is 10.1. The summed E-state index contributed by atoms with van der Waals surface area (Å²) in [6, 6.07) is 16.5. The van der Waals surface area contributed by atoms with Crippen LogP contribution in [0.1, 0.15) is 30.6 Å². The van der Waals surface area contributed by atoms with Crippen LogP contribution in [0.15, 0.2) is 60.7 Å². The van der Waals surface area contributed by atoms with Crippen molar-refractivity contribution in [1.82, 2.24) is 20.0 Å². The molecule has 0 radical (unpaired) electrons. The molecule has 3 aromatic rings. The topological polar surface area (TPSA) is 69.6 Å². The zero-order valence-corrected chi connectivity index (χ0v) is 21.2. The average molecular weight is 510 g/mol. The van der Waals surface area contributed by atoms with Gasteiger partial charge in [-0.1, -0.05) is 11.6 Å². The first-order valence-electron chi connectivity index (χ1n) is 12.0. The van der Waals surface area contributed by atoms with Gasteiger partial charge in [0.25, 0.3) is 5.91 Å². The standard InChI is InChI=1S/C27H29ClFN5O2/c1-19(2)34(27(36)21-4-8-22(28)9-5-21)18-26(35)33-15-3-14-32(16-17-33)25-13-12-24(30-31-25)20-6-10-23(29)11-7-20/h4-13,19H,3,14-18H2,1-2H3. The van der Waals surface area contributed by atoms with Crippen LogP contribution < -0.4 is 4.90 Å². The minimum atomic E-state index is -0.294. The fourth-order valence-electron chi connectivity index (χ4n) is 4.16. The van der Waals surface area contributed by atoms with Crippen molar-refractivity contribution < 1.29 is 14.0 Å². The summed E-state index contributed by atoms with van der Waals surface area (Å²) >= 11 is 5.95. The lowest BCUT2D eigenvalue weighted by Crippen LogP contribution is -2.46. The van der Waals surface area contributed by atoms with Crippen LogP contribution in [0.2, 0.25) is 5.02 Å². The molecule has 0 aliphatic carbocycles. The van der Waals surface area contributed by atoms with E-state index in [1.165, 1.54) is 12.1 Å². The Morgan fingerprint density at radius 3 is 2.31 bits per heavy atom. The molecule has 4 rings (SSSR count). The largest absolute Gasteiger partial charge is 0.353 e. The van der Waals surface area contributed by atoms with Crippen LogP contribution in [0.4, 0.5) is 10.2 Å². The first-order valence-corrected chi connectivity index (χ1v) is 12.4. The van der Waals surface area contributed by atoms with Gasteiger partial charge in [-0.3, -0.25) is 9.59 Å². The minimum Gasteiger partial charge on any atom is -0.353 e. The van der Waals surface area contributed by atoms with Gasteiger partial charge in [0.1, 0.15) is 12.4 Å². The van der Waals surface area contributed by atoms with Crippen LogP contribution in [0, 0.1) is 5.82 Å². The smallest absolute Gasteiger partial charge is 0.254 e. The summed E-state index contributed by atoms with van der Waals surface area (Å²) in [6.07, 6.45) is 0.778. The maximum Gasteiger partial charge on any atom is 0.254 e. The Hall–Kier alpha value is -3.52. The van der Waals surface area contributed by atoms with Gasteiger partial charge < -0.3 is 14.7 Å². The van der Waals surface area contributed by atoms with E-state index in [9.17, 15) is 14.0 Å². The second-order valence-electron chi connectivity index (χ2n) is 9.04. The van der Waals surface area contributed by atoms with Crippen molar-refractivity contribution in [2.45, 2.75) is 26.3 Å². The van der Waals surface area contributed by atoms with E-state index < -0.39 is 0 Å². The number of aromatic nitrogens is 2. The number of amides is 2. The number of rotatable bonds is 6. The molecule has 0 unspecified atom stereocenters. The molecule has 0 bridgehead atoms. The van der Waals surface area contributed by atoms with Crippen molar-refractivity contribution in [1.29, 1.82) is 0 Å². The van der Waals surface area contributed by atoms with Gasteiger partial charge in [0, 0.05) is 48.4 Å². The zero-order valence-electron chi connectivity index (χ0n) is 20.4. The van der Waals surface area contributed by atoms with Gasteiger partial charge in [0.05, 0.1) is 5.69 Å². The van der Waals surface area contributed by atoms with E-state index in [0.717, 1.165) is 24.3 Å². The summed E-state index contributed by atoms with van der Waals surface area (Å²) in [7, 11) is 0. The molecule has 2 amide bonds. The maximum atomic E-state index is 13.2. The molecule has 0 spiro atoms. The Morgan fingerprint density at radius 2 is 1.67 bits per heavy atom. The van der Waals surface area contributed by atoms with E-state index in [4.69, 9.17) is 11.6 Å². The fourth-order valence-corrected chi connectivity index (χ4v) is 4.28. The van der Waals surface area contributed by atoms with Gasteiger partial charge in [-0.2, -0.15) is 0 Å². The highest BCUT2D eigenvalue weighted by Gasteiger charge is 2.26. The Kier molecular flexibility index (Phi) is 8.15. The molecule has 36 heavy (non-hydrogen) atoms. The normalized spacial score (nSPS) is 14.0. The lowest BCUT2D eigenvalue weighted by molar-refractivity contribution is -0.132. The Bertz CT molecular complexity index is 1190. The molecule has 9 heteroatoms. The highest BCUT2D eigenvalue weighted by Crippen LogP contribution is 2.20. The SMILES string of the molecule is CC(C)N(CC(=O)N1CCCN(c2ccc(-c3ccc(F)cc3)nn2)CC1)C(=O)c1ccc(Cl)cc1. The van der Waals surface area contributed by atoms with Gasteiger partial charge in [-0.25, -0.2) is 4.39 Å². The summed E-state index contributed by atoms with van der Waals surface area (Å²) < 4.78 is 13.2. The predicted octanol–water partition coefficient (Wildman–Crippen LogP) is 4.53. The van der Waals surface area contributed by atoms with Crippen molar-refractivity contribution in [3.63, 3.8) is 0 Å². The fraction of sp³-hybridized carbons (Fsp3) is 0.333. The van der Waals surface area contributed by atoms with E-state index in [-0.39, 0.29) is 30.2 Å². The monoisotopic (exact) mass is 509 g/mol. The van der Waals surface area contributed by atoms with Crippen LogP contribution in [-0.4, -0.2) is 70.6 Å². The number of carbonyl (C=O) groups excluding carboxylic acids is 2. The highest BCUT2D eigenvalue weighted by molar-refractivity contribution is 6.30. The Morgan fingerprint density at radius 1 is 0.944 bits per heavy atom. The van der Waals surface area contributed by atoms with Crippen molar-refractivity contribution in [2.24, 2.45) is 0 Å². The summed E-state index contributed by atoms with van der Waals surface area (Å²) in [6.45, 7) is 6.32. The Balaban J connectivity index is 1.37. The zero-order chi connectivity index (χ0) is 25.7. The van der Waals surface area contributed by atoms with E-state index >= 15 is 0 Å². The first kappa shape index (κ1) is 25.6. The molecule has 1 fully saturated rings. The van der Waals surface area contributed by atoms with Crippen LogP contribution in [0.5, 0.6) is 0 Å². The third-order valence-electron chi connectivity index (χ3n) is 6.24. The maximum absolute atomic E-state index is 13.2. The predicted molar refractivity (Wildman–Crippen MR) is 138 cm³/mol. The molecule has 2 heterocycles. The number of anilines is 1. The van der Waals surface area contributed by atoms with Crippen molar-refractivity contribution in [3.8, 4) is 11.3 Å². The van der Waals surface area contributed by atoms with E-state index in [1.54, 1.807) is 41.3 Å². The molecule has 1 aliphatic heterocycles. The number of carbonyl (C=O) groups is 2. The van der Waals surface area contributed by atoms with E-state index in [2.05, 4.69) is 15.1 Å². The van der Waals surface area contributed by atoms with E-state index in [1.807, 2.05) is 30.9 Å². The summed E-state index contributed by atoms with van der Waals surface area (Å²) in [5.41, 5.74) is 1.97. The third kappa shape index (κ3) is 6.18. The van der Waals surface area contributed by atoms with Crippen LogP contribution in [0.3, 0.4) is 0 Å². The van der Waals surface area contributed by atoms with Gasteiger partial charge in [-0.05, 0) is 80.9 Å². The van der Waals surface area contributed by atoms with Crippen LogP contribution >= 0.6 is 11.6 Å². The van der Waals surface area contributed by atoms with Crippen molar-refractivity contribution in [2.75, 3.05) is 37.6 Å². The average Bonchev–Trinajstić information content (AvgIpc) is 3.14. The number of halogens is 2. The summed E-state index contributed by atoms with van der Waals surface area (Å²) in [5, 5.41) is 9.23.